The van der Waals surface area contributed by atoms with E-state index in [1.165, 1.54) is 0 Å². The highest BCUT2D eigenvalue weighted by atomic mass is 32.2. The summed E-state index contributed by atoms with van der Waals surface area (Å²) in [5.41, 5.74) is -0.699. The third kappa shape index (κ3) is 4.79. The number of amides is 1. The molecule has 74 valence electrons. The molecule has 0 heterocycles. The second-order valence-corrected chi connectivity index (χ2v) is 4.07. The zero-order chi connectivity index (χ0) is 10.3. The number of nitriles is 1. The first-order valence-corrected chi connectivity index (χ1v) is 5.68. The first-order valence-electron chi connectivity index (χ1n) is 4.29. The van der Waals surface area contributed by atoms with E-state index in [1.807, 2.05) is 13.2 Å². The number of hydrogen-bond donors (Lipinski definition) is 1. The summed E-state index contributed by atoms with van der Waals surface area (Å²) in [7, 11) is 0. The molecule has 0 bridgehead atoms. The van der Waals surface area contributed by atoms with Gasteiger partial charge in [-0.1, -0.05) is 6.92 Å². The molecule has 1 unspecified atom stereocenters. The molecule has 1 N–H and O–H groups in total. The Balaban J connectivity index is 3.97. The smallest absolute Gasteiger partial charge is 0.222 e. The zero-order valence-electron chi connectivity index (χ0n) is 8.39. The van der Waals surface area contributed by atoms with Crippen molar-refractivity contribution >= 4 is 17.7 Å². The predicted molar refractivity (Wildman–Crippen MR) is 55.5 cm³/mol. The van der Waals surface area contributed by atoms with Crippen LogP contribution in [0.4, 0.5) is 0 Å². The normalized spacial score (nSPS) is 14.3. The number of thioether (sulfide) groups is 1. The molecule has 0 aromatic heterocycles. The average Bonchev–Trinajstić information content (AvgIpc) is 2.14. The SMILES string of the molecule is CCC(C)(C#N)NC(=O)CCSC. The van der Waals surface area contributed by atoms with E-state index in [4.69, 9.17) is 5.26 Å². The quantitative estimate of drug-likeness (QED) is 0.732. The third-order valence-corrected chi connectivity index (χ3v) is 2.51. The Bertz CT molecular complexity index is 212. The number of nitrogens with zero attached hydrogens (tertiary/aromatic N) is 1. The molecule has 0 saturated heterocycles. The van der Waals surface area contributed by atoms with Gasteiger partial charge in [-0.2, -0.15) is 17.0 Å². The van der Waals surface area contributed by atoms with Gasteiger partial charge < -0.3 is 5.32 Å². The van der Waals surface area contributed by atoms with Gasteiger partial charge in [0.25, 0.3) is 0 Å². The first kappa shape index (κ1) is 12.3. The Hall–Kier alpha value is -0.690. The Labute approximate surface area is 83.9 Å². The van der Waals surface area contributed by atoms with Crippen molar-refractivity contribution in [1.29, 1.82) is 5.26 Å². The fourth-order valence-corrected chi connectivity index (χ4v) is 1.15. The average molecular weight is 200 g/mol. The monoisotopic (exact) mass is 200 g/mol. The number of carbonyl (C=O) groups excluding carboxylic acids is 1. The van der Waals surface area contributed by atoms with Crippen molar-refractivity contribution in [3.63, 3.8) is 0 Å². The van der Waals surface area contributed by atoms with Crippen LogP contribution in [0.2, 0.25) is 0 Å². The molecule has 0 rings (SSSR count). The molecule has 0 aromatic rings. The predicted octanol–water partition coefficient (Wildman–Crippen LogP) is 1.55. The third-order valence-electron chi connectivity index (χ3n) is 1.90. The van der Waals surface area contributed by atoms with Crippen LogP contribution in [0.5, 0.6) is 0 Å². The van der Waals surface area contributed by atoms with E-state index in [0.29, 0.717) is 12.8 Å². The highest BCUT2D eigenvalue weighted by Crippen LogP contribution is 2.07. The van der Waals surface area contributed by atoms with Gasteiger partial charge in [0.1, 0.15) is 5.54 Å². The van der Waals surface area contributed by atoms with Crippen molar-refractivity contribution in [2.24, 2.45) is 0 Å². The van der Waals surface area contributed by atoms with Crippen LogP contribution in [0.1, 0.15) is 26.7 Å². The van der Waals surface area contributed by atoms with E-state index < -0.39 is 5.54 Å². The molecule has 0 aliphatic heterocycles. The van der Waals surface area contributed by atoms with Crippen LogP contribution in [0.25, 0.3) is 0 Å². The second-order valence-electron chi connectivity index (χ2n) is 3.09. The van der Waals surface area contributed by atoms with Crippen LogP contribution in [-0.2, 0) is 4.79 Å². The fourth-order valence-electron chi connectivity index (χ4n) is 0.760. The number of rotatable bonds is 5. The van der Waals surface area contributed by atoms with Crippen molar-refractivity contribution in [2.45, 2.75) is 32.2 Å². The van der Waals surface area contributed by atoms with Crippen LogP contribution >= 0.6 is 11.8 Å². The Kier molecular flexibility index (Phi) is 5.56. The topological polar surface area (TPSA) is 52.9 Å². The van der Waals surface area contributed by atoms with E-state index in [1.54, 1.807) is 18.7 Å². The lowest BCUT2D eigenvalue weighted by Crippen LogP contribution is -2.44. The van der Waals surface area contributed by atoms with Crippen LogP contribution in [0.15, 0.2) is 0 Å². The summed E-state index contributed by atoms with van der Waals surface area (Å²) < 4.78 is 0. The molecule has 1 amide bonds. The van der Waals surface area contributed by atoms with Gasteiger partial charge in [-0.3, -0.25) is 4.79 Å². The number of nitrogens with one attached hydrogen (secondary N) is 1. The van der Waals surface area contributed by atoms with Gasteiger partial charge >= 0.3 is 0 Å². The Morgan fingerprint density at radius 1 is 1.69 bits per heavy atom. The van der Waals surface area contributed by atoms with E-state index in [9.17, 15) is 4.79 Å². The lowest BCUT2D eigenvalue weighted by Gasteiger charge is -2.20. The molecule has 0 spiro atoms. The number of carbonyl (C=O) groups is 1. The standard InChI is InChI=1S/C9H16N2OS/c1-4-9(2,7-10)11-8(12)5-6-13-3/h4-6H2,1-3H3,(H,11,12). The zero-order valence-corrected chi connectivity index (χ0v) is 9.20. The summed E-state index contributed by atoms with van der Waals surface area (Å²) >= 11 is 1.63. The minimum absolute atomic E-state index is 0.0414. The van der Waals surface area contributed by atoms with Crippen molar-refractivity contribution in [3.8, 4) is 6.07 Å². The van der Waals surface area contributed by atoms with Gasteiger partial charge in [0, 0.05) is 12.2 Å². The van der Waals surface area contributed by atoms with E-state index >= 15 is 0 Å². The summed E-state index contributed by atoms with van der Waals surface area (Å²) in [5.74, 6) is 0.761. The fraction of sp³-hybridized carbons (Fsp3) is 0.778. The maximum absolute atomic E-state index is 11.3. The van der Waals surface area contributed by atoms with Gasteiger partial charge in [0.15, 0.2) is 0 Å². The van der Waals surface area contributed by atoms with E-state index in [-0.39, 0.29) is 5.91 Å². The summed E-state index contributed by atoms with van der Waals surface area (Å²) in [5, 5.41) is 11.5. The Morgan fingerprint density at radius 2 is 2.31 bits per heavy atom. The summed E-state index contributed by atoms with van der Waals surface area (Å²) in [4.78, 5) is 11.3. The molecular weight excluding hydrogens is 184 g/mol. The van der Waals surface area contributed by atoms with Crippen LogP contribution in [0, 0.1) is 11.3 Å². The maximum atomic E-state index is 11.3. The van der Waals surface area contributed by atoms with Crippen molar-refractivity contribution in [2.75, 3.05) is 12.0 Å². The molecule has 0 aliphatic rings. The van der Waals surface area contributed by atoms with Crippen molar-refractivity contribution in [3.05, 3.63) is 0 Å². The minimum atomic E-state index is -0.699. The van der Waals surface area contributed by atoms with E-state index in [0.717, 1.165) is 5.75 Å². The molecule has 4 heteroatoms. The van der Waals surface area contributed by atoms with Gasteiger partial charge in [-0.05, 0) is 19.6 Å². The first-order chi connectivity index (χ1) is 6.08. The molecule has 13 heavy (non-hydrogen) atoms. The van der Waals surface area contributed by atoms with Gasteiger partial charge in [-0.25, -0.2) is 0 Å². The molecule has 0 fully saturated rings. The minimum Gasteiger partial charge on any atom is -0.338 e. The highest BCUT2D eigenvalue weighted by Gasteiger charge is 2.22. The van der Waals surface area contributed by atoms with Gasteiger partial charge in [0.2, 0.25) is 5.91 Å². The van der Waals surface area contributed by atoms with Crippen LogP contribution in [-0.4, -0.2) is 23.5 Å². The van der Waals surface area contributed by atoms with Gasteiger partial charge in [0.05, 0.1) is 6.07 Å². The largest absolute Gasteiger partial charge is 0.338 e. The molecule has 1 atom stereocenters. The molecule has 0 aliphatic carbocycles. The molecular formula is C9H16N2OS. The Morgan fingerprint density at radius 3 is 2.69 bits per heavy atom. The number of hydrogen-bond acceptors (Lipinski definition) is 3. The van der Waals surface area contributed by atoms with Crippen molar-refractivity contribution < 1.29 is 4.79 Å². The summed E-state index contributed by atoms with van der Waals surface area (Å²) in [6.45, 7) is 3.63. The second kappa shape index (κ2) is 5.87. The molecule has 3 nitrogen and oxygen atoms in total. The van der Waals surface area contributed by atoms with Gasteiger partial charge in [-0.15, -0.1) is 0 Å². The maximum Gasteiger partial charge on any atom is 0.222 e. The summed E-state index contributed by atoms with van der Waals surface area (Å²) in [6.07, 6.45) is 3.07. The van der Waals surface area contributed by atoms with Crippen LogP contribution in [0.3, 0.4) is 0 Å². The lowest BCUT2D eigenvalue weighted by molar-refractivity contribution is -0.121. The molecule has 0 saturated carbocycles. The molecule has 0 radical (unpaired) electrons. The molecule has 0 aromatic carbocycles. The van der Waals surface area contributed by atoms with Crippen molar-refractivity contribution in [1.82, 2.24) is 5.32 Å². The highest BCUT2D eigenvalue weighted by molar-refractivity contribution is 7.98. The van der Waals surface area contributed by atoms with E-state index in [2.05, 4.69) is 11.4 Å². The van der Waals surface area contributed by atoms with Crippen LogP contribution < -0.4 is 5.32 Å². The lowest BCUT2D eigenvalue weighted by atomic mass is 10.0. The summed E-state index contributed by atoms with van der Waals surface area (Å²) in [6, 6.07) is 2.10.